The van der Waals surface area contributed by atoms with Gasteiger partial charge in [-0.1, -0.05) is 20.3 Å². The Balaban J connectivity index is 2.79. The fraction of sp³-hybridized carbons (Fsp3) is 1.00. The van der Waals surface area contributed by atoms with E-state index in [2.05, 4.69) is 0 Å². The molecule has 0 aromatic carbocycles. The first-order valence-electron chi connectivity index (χ1n) is 6.02. The highest BCUT2D eigenvalue weighted by Gasteiger charge is 2.36. The van der Waals surface area contributed by atoms with E-state index in [0.29, 0.717) is 19.4 Å². The van der Waals surface area contributed by atoms with Crippen LogP contribution >= 0.6 is 0 Å². The maximum atomic E-state index is 12.0. The molecule has 1 rings (SSSR count). The Labute approximate surface area is 104 Å². The smallest absolute Gasteiger partial charge is 0.214 e. The highest BCUT2D eigenvalue weighted by Crippen LogP contribution is 2.21. The summed E-state index contributed by atoms with van der Waals surface area (Å²) in [5.41, 5.74) is 0. The van der Waals surface area contributed by atoms with Crippen LogP contribution in [0.4, 0.5) is 0 Å². The molecule has 0 aromatic heterocycles. The number of rotatable bonds is 6. The molecule has 102 valence electrons. The Morgan fingerprint density at radius 2 is 1.94 bits per heavy atom. The Morgan fingerprint density at radius 3 is 2.35 bits per heavy atom. The van der Waals surface area contributed by atoms with Crippen LogP contribution in [0.15, 0.2) is 0 Å². The third-order valence-corrected chi connectivity index (χ3v) is 6.87. The maximum absolute atomic E-state index is 12.0. The SMILES string of the molecule is CCCCS(=O)(=O)N(CC)C1CCS(=O)(=O)C1. The molecule has 0 bridgehead atoms. The summed E-state index contributed by atoms with van der Waals surface area (Å²) in [5.74, 6) is 0.206. The Morgan fingerprint density at radius 1 is 1.29 bits per heavy atom. The van der Waals surface area contributed by atoms with E-state index < -0.39 is 19.9 Å². The minimum atomic E-state index is -3.30. The second-order valence-electron chi connectivity index (χ2n) is 4.43. The molecule has 1 saturated heterocycles. The zero-order chi connectivity index (χ0) is 13.1. The molecule has 0 radical (unpaired) electrons. The largest absolute Gasteiger partial charge is 0.229 e. The lowest BCUT2D eigenvalue weighted by Gasteiger charge is -2.25. The van der Waals surface area contributed by atoms with Gasteiger partial charge in [-0.3, -0.25) is 0 Å². The maximum Gasteiger partial charge on any atom is 0.214 e. The van der Waals surface area contributed by atoms with Crippen molar-refractivity contribution in [3.05, 3.63) is 0 Å². The van der Waals surface area contributed by atoms with E-state index >= 15 is 0 Å². The molecule has 0 aliphatic carbocycles. The van der Waals surface area contributed by atoms with Crippen molar-refractivity contribution in [3.63, 3.8) is 0 Å². The molecule has 0 N–H and O–H groups in total. The molecule has 0 saturated carbocycles. The topological polar surface area (TPSA) is 71.5 Å². The fourth-order valence-electron chi connectivity index (χ4n) is 2.13. The molecular weight excluding hydrogens is 262 g/mol. The van der Waals surface area contributed by atoms with Gasteiger partial charge in [0.1, 0.15) is 0 Å². The lowest BCUT2D eigenvalue weighted by Crippen LogP contribution is -2.42. The third-order valence-electron chi connectivity index (χ3n) is 3.04. The molecule has 0 spiro atoms. The van der Waals surface area contributed by atoms with Crippen molar-refractivity contribution in [3.8, 4) is 0 Å². The van der Waals surface area contributed by atoms with Gasteiger partial charge in [-0.25, -0.2) is 16.8 Å². The predicted octanol–water partition coefficient (Wildman–Crippen LogP) is 0.625. The average Bonchev–Trinajstić information content (AvgIpc) is 2.56. The average molecular weight is 283 g/mol. The zero-order valence-electron chi connectivity index (χ0n) is 10.4. The van der Waals surface area contributed by atoms with E-state index in [1.165, 1.54) is 4.31 Å². The number of sulfonamides is 1. The summed E-state index contributed by atoms with van der Waals surface area (Å²) >= 11 is 0. The van der Waals surface area contributed by atoms with Crippen molar-refractivity contribution in [2.45, 2.75) is 39.2 Å². The molecule has 1 fully saturated rings. The van der Waals surface area contributed by atoms with Crippen LogP contribution in [0.1, 0.15) is 33.1 Å². The Kier molecular flexibility index (Phi) is 4.97. The first-order chi connectivity index (χ1) is 7.82. The minimum Gasteiger partial charge on any atom is -0.229 e. The van der Waals surface area contributed by atoms with Crippen LogP contribution in [0.25, 0.3) is 0 Å². The molecule has 17 heavy (non-hydrogen) atoms. The molecular formula is C10H21NO4S2. The molecule has 1 atom stereocenters. The number of sulfone groups is 1. The number of unbranched alkanes of at least 4 members (excludes halogenated alkanes) is 1. The van der Waals surface area contributed by atoms with Gasteiger partial charge in [0.15, 0.2) is 9.84 Å². The van der Waals surface area contributed by atoms with Crippen LogP contribution in [-0.2, 0) is 19.9 Å². The monoisotopic (exact) mass is 283 g/mol. The summed E-state index contributed by atoms with van der Waals surface area (Å²) in [4.78, 5) is 0. The zero-order valence-corrected chi connectivity index (χ0v) is 12.1. The number of hydrogen-bond acceptors (Lipinski definition) is 4. The fourth-order valence-corrected chi connectivity index (χ4v) is 5.87. The summed E-state index contributed by atoms with van der Waals surface area (Å²) in [6.07, 6.45) is 1.87. The number of hydrogen-bond donors (Lipinski definition) is 0. The van der Waals surface area contributed by atoms with E-state index in [0.717, 1.165) is 6.42 Å². The van der Waals surface area contributed by atoms with Crippen LogP contribution in [0.2, 0.25) is 0 Å². The van der Waals surface area contributed by atoms with Gasteiger partial charge in [-0.15, -0.1) is 0 Å². The quantitative estimate of drug-likeness (QED) is 0.716. The molecule has 1 aliphatic heterocycles. The Hall–Kier alpha value is -0.140. The molecule has 1 unspecified atom stereocenters. The predicted molar refractivity (Wildman–Crippen MR) is 68.1 cm³/mol. The van der Waals surface area contributed by atoms with Crippen molar-refractivity contribution in [2.75, 3.05) is 23.8 Å². The van der Waals surface area contributed by atoms with Gasteiger partial charge in [0.2, 0.25) is 10.0 Å². The summed E-state index contributed by atoms with van der Waals surface area (Å²) in [6.45, 7) is 4.05. The summed E-state index contributed by atoms with van der Waals surface area (Å²) in [7, 11) is -6.34. The van der Waals surface area contributed by atoms with Crippen LogP contribution < -0.4 is 0 Å². The van der Waals surface area contributed by atoms with Crippen LogP contribution in [-0.4, -0.2) is 51.0 Å². The molecule has 0 aromatic rings. The van der Waals surface area contributed by atoms with Gasteiger partial charge < -0.3 is 0 Å². The van der Waals surface area contributed by atoms with Crippen LogP contribution in [0.3, 0.4) is 0 Å². The van der Waals surface area contributed by atoms with Gasteiger partial charge in [0.05, 0.1) is 17.3 Å². The van der Waals surface area contributed by atoms with E-state index in [1.54, 1.807) is 6.92 Å². The van der Waals surface area contributed by atoms with Crippen molar-refractivity contribution < 1.29 is 16.8 Å². The lowest BCUT2D eigenvalue weighted by atomic mass is 10.3. The second-order valence-corrected chi connectivity index (χ2v) is 8.70. The minimum absolute atomic E-state index is 0.0216. The lowest BCUT2D eigenvalue weighted by molar-refractivity contribution is 0.354. The van der Waals surface area contributed by atoms with Crippen molar-refractivity contribution in [1.29, 1.82) is 0 Å². The van der Waals surface area contributed by atoms with E-state index in [1.807, 2.05) is 6.92 Å². The molecule has 7 heteroatoms. The van der Waals surface area contributed by atoms with Gasteiger partial charge in [-0.05, 0) is 12.8 Å². The highest BCUT2D eigenvalue weighted by atomic mass is 32.2. The van der Waals surface area contributed by atoms with E-state index in [9.17, 15) is 16.8 Å². The molecule has 0 amide bonds. The standard InChI is InChI=1S/C10H21NO4S2/c1-3-5-7-17(14,15)11(4-2)10-6-8-16(12,13)9-10/h10H,3-9H2,1-2H3. The third kappa shape index (κ3) is 3.93. The van der Waals surface area contributed by atoms with Gasteiger partial charge in [0.25, 0.3) is 0 Å². The number of nitrogens with zero attached hydrogens (tertiary/aromatic N) is 1. The van der Waals surface area contributed by atoms with Crippen LogP contribution in [0.5, 0.6) is 0 Å². The molecule has 5 nitrogen and oxygen atoms in total. The van der Waals surface area contributed by atoms with Gasteiger partial charge >= 0.3 is 0 Å². The van der Waals surface area contributed by atoms with Gasteiger partial charge in [0, 0.05) is 12.6 Å². The Bertz CT molecular complexity index is 441. The first kappa shape index (κ1) is 14.9. The second kappa shape index (κ2) is 5.67. The first-order valence-corrected chi connectivity index (χ1v) is 9.45. The van der Waals surface area contributed by atoms with Crippen molar-refractivity contribution in [2.24, 2.45) is 0 Å². The summed E-state index contributed by atoms with van der Waals surface area (Å²) in [6, 6.07) is -0.355. The normalized spacial score (nSPS) is 24.3. The van der Waals surface area contributed by atoms with Crippen molar-refractivity contribution >= 4 is 19.9 Å². The molecule has 1 heterocycles. The highest BCUT2D eigenvalue weighted by molar-refractivity contribution is 7.92. The molecule has 1 aliphatic rings. The van der Waals surface area contributed by atoms with E-state index in [4.69, 9.17) is 0 Å². The van der Waals surface area contributed by atoms with Crippen molar-refractivity contribution in [1.82, 2.24) is 4.31 Å². The van der Waals surface area contributed by atoms with E-state index in [-0.39, 0.29) is 23.3 Å². The van der Waals surface area contributed by atoms with Crippen LogP contribution in [0, 0.1) is 0 Å². The summed E-state index contributed by atoms with van der Waals surface area (Å²) < 4.78 is 48.2. The summed E-state index contributed by atoms with van der Waals surface area (Å²) in [5, 5.41) is 0. The van der Waals surface area contributed by atoms with Gasteiger partial charge in [-0.2, -0.15) is 4.31 Å².